The average molecular weight is 223 g/mol. The Bertz CT molecular complexity index is 236. The van der Waals surface area contributed by atoms with Gasteiger partial charge < -0.3 is 10.2 Å². The van der Waals surface area contributed by atoms with E-state index in [2.05, 4.69) is 37.1 Å². The highest BCUT2D eigenvalue weighted by atomic mass is 15.2. The Morgan fingerprint density at radius 3 is 2.44 bits per heavy atom. The van der Waals surface area contributed by atoms with Crippen LogP contribution < -0.4 is 5.32 Å². The average Bonchev–Trinajstić information content (AvgIpc) is 2.31. The van der Waals surface area contributed by atoms with E-state index < -0.39 is 0 Å². The lowest BCUT2D eigenvalue weighted by atomic mass is 9.78. The third-order valence-corrected chi connectivity index (χ3v) is 3.96. The highest BCUT2D eigenvalue weighted by Crippen LogP contribution is 2.33. The standard InChI is InChI=1S/C13H25N3/c1-4-13(3)6-8-16(9-7-13)11-12(10-14)15-5-2/h12,15H,4-9,11H2,1-3H3. The zero-order valence-corrected chi connectivity index (χ0v) is 10.9. The minimum Gasteiger partial charge on any atom is -0.301 e. The monoisotopic (exact) mass is 223 g/mol. The van der Waals surface area contributed by atoms with Crippen LogP contribution in [-0.4, -0.2) is 37.1 Å². The zero-order chi connectivity index (χ0) is 12.0. The first kappa shape index (κ1) is 13.5. The summed E-state index contributed by atoms with van der Waals surface area (Å²) in [7, 11) is 0. The van der Waals surface area contributed by atoms with E-state index in [9.17, 15) is 0 Å². The minimum absolute atomic E-state index is 0.00372. The maximum Gasteiger partial charge on any atom is 0.108 e. The molecule has 1 rings (SSSR count). The lowest BCUT2D eigenvalue weighted by Crippen LogP contribution is -2.45. The van der Waals surface area contributed by atoms with Crippen LogP contribution in [-0.2, 0) is 0 Å². The molecule has 0 aromatic carbocycles. The summed E-state index contributed by atoms with van der Waals surface area (Å²) in [6.45, 7) is 10.8. The number of hydrogen-bond acceptors (Lipinski definition) is 3. The van der Waals surface area contributed by atoms with E-state index >= 15 is 0 Å². The summed E-state index contributed by atoms with van der Waals surface area (Å²) in [4.78, 5) is 2.42. The largest absolute Gasteiger partial charge is 0.301 e. The molecule has 1 aliphatic rings. The van der Waals surface area contributed by atoms with Crippen molar-refractivity contribution >= 4 is 0 Å². The Balaban J connectivity index is 2.34. The fourth-order valence-corrected chi connectivity index (χ4v) is 2.28. The van der Waals surface area contributed by atoms with Crippen molar-refractivity contribution in [3.05, 3.63) is 0 Å². The maximum atomic E-state index is 9.00. The van der Waals surface area contributed by atoms with Crippen molar-refractivity contribution in [2.24, 2.45) is 5.41 Å². The Kier molecular flexibility index (Phi) is 5.24. The number of nitrogens with zero attached hydrogens (tertiary/aromatic N) is 2. The molecule has 3 heteroatoms. The highest BCUT2D eigenvalue weighted by molar-refractivity contribution is 4.93. The van der Waals surface area contributed by atoms with Crippen LogP contribution in [0, 0.1) is 16.7 Å². The van der Waals surface area contributed by atoms with Gasteiger partial charge in [0.2, 0.25) is 0 Å². The topological polar surface area (TPSA) is 39.1 Å². The van der Waals surface area contributed by atoms with Gasteiger partial charge in [-0.1, -0.05) is 27.2 Å². The van der Waals surface area contributed by atoms with Gasteiger partial charge in [0.25, 0.3) is 0 Å². The molecule has 1 N–H and O–H groups in total. The molecule has 16 heavy (non-hydrogen) atoms. The molecule has 0 saturated carbocycles. The van der Waals surface area contributed by atoms with Crippen molar-refractivity contribution in [2.45, 2.75) is 46.1 Å². The quantitative estimate of drug-likeness (QED) is 0.775. The van der Waals surface area contributed by atoms with E-state index in [4.69, 9.17) is 5.26 Å². The van der Waals surface area contributed by atoms with Crippen LogP contribution >= 0.6 is 0 Å². The highest BCUT2D eigenvalue weighted by Gasteiger charge is 2.28. The molecule has 1 saturated heterocycles. The van der Waals surface area contributed by atoms with Crippen LogP contribution in [0.5, 0.6) is 0 Å². The Labute approximate surface area is 99.8 Å². The molecule has 0 radical (unpaired) electrons. The molecule has 3 nitrogen and oxygen atoms in total. The number of likely N-dealkylation sites (tertiary alicyclic amines) is 1. The SMILES string of the molecule is CCNC(C#N)CN1CCC(C)(CC)CC1. The molecule has 1 unspecified atom stereocenters. The van der Waals surface area contributed by atoms with Gasteiger partial charge in [-0.3, -0.25) is 0 Å². The Morgan fingerprint density at radius 2 is 2.00 bits per heavy atom. The van der Waals surface area contributed by atoms with Crippen molar-refractivity contribution < 1.29 is 0 Å². The van der Waals surface area contributed by atoms with Gasteiger partial charge in [-0.25, -0.2) is 0 Å². The molecule has 0 aromatic rings. The molecule has 0 aromatic heterocycles. The van der Waals surface area contributed by atoms with E-state index in [1.807, 2.05) is 0 Å². The summed E-state index contributed by atoms with van der Waals surface area (Å²) in [6.07, 6.45) is 3.82. The second-order valence-electron chi connectivity index (χ2n) is 5.20. The van der Waals surface area contributed by atoms with E-state index in [1.165, 1.54) is 19.3 Å². The van der Waals surface area contributed by atoms with Crippen molar-refractivity contribution in [2.75, 3.05) is 26.2 Å². The molecule has 1 atom stereocenters. The molecule has 0 bridgehead atoms. The van der Waals surface area contributed by atoms with E-state index in [-0.39, 0.29) is 6.04 Å². The van der Waals surface area contributed by atoms with E-state index in [1.54, 1.807) is 0 Å². The third-order valence-electron chi connectivity index (χ3n) is 3.96. The first-order valence-electron chi connectivity index (χ1n) is 6.49. The molecule has 92 valence electrons. The van der Waals surface area contributed by atoms with Gasteiger partial charge in [-0.05, 0) is 37.9 Å². The fraction of sp³-hybridized carbons (Fsp3) is 0.923. The first-order valence-corrected chi connectivity index (χ1v) is 6.49. The van der Waals surface area contributed by atoms with Crippen molar-refractivity contribution in [1.29, 1.82) is 5.26 Å². The Hall–Kier alpha value is -0.590. The number of likely N-dealkylation sites (N-methyl/N-ethyl adjacent to an activating group) is 1. The third kappa shape index (κ3) is 3.77. The smallest absolute Gasteiger partial charge is 0.108 e. The lowest BCUT2D eigenvalue weighted by molar-refractivity contribution is 0.111. The zero-order valence-electron chi connectivity index (χ0n) is 10.9. The van der Waals surface area contributed by atoms with Crippen molar-refractivity contribution in [3.63, 3.8) is 0 Å². The molecule has 0 amide bonds. The normalized spacial score (nSPS) is 22.6. The van der Waals surface area contributed by atoms with Gasteiger partial charge in [0.05, 0.1) is 6.07 Å². The number of nitrogens with one attached hydrogen (secondary N) is 1. The predicted octanol–water partition coefficient (Wildman–Crippen LogP) is 2.00. The number of nitriles is 1. The number of piperidine rings is 1. The van der Waals surface area contributed by atoms with E-state index in [0.29, 0.717) is 5.41 Å². The van der Waals surface area contributed by atoms with Gasteiger partial charge in [-0.2, -0.15) is 5.26 Å². The van der Waals surface area contributed by atoms with Gasteiger partial charge in [0.1, 0.15) is 6.04 Å². The first-order chi connectivity index (χ1) is 7.63. The van der Waals surface area contributed by atoms with Crippen LogP contribution in [0.25, 0.3) is 0 Å². The summed E-state index contributed by atoms with van der Waals surface area (Å²) in [6, 6.07) is 2.33. The molecular weight excluding hydrogens is 198 g/mol. The molecule has 0 aliphatic carbocycles. The van der Waals surface area contributed by atoms with Crippen LogP contribution in [0.3, 0.4) is 0 Å². The summed E-state index contributed by atoms with van der Waals surface area (Å²) < 4.78 is 0. The van der Waals surface area contributed by atoms with E-state index in [0.717, 1.165) is 26.2 Å². The summed E-state index contributed by atoms with van der Waals surface area (Å²) in [5.74, 6) is 0. The summed E-state index contributed by atoms with van der Waals surface area (Å²) in [5, 5.41) is 12.2. The molecular formula is C13H25N3. The molecule has 1 heterocycles. The van der Waals surface area contributed by atoms with Crippen molar-refractivity contribution in [1.82, 2.24) is 10.2 Å². The van der Waals surface area contributed by atoms with Crippen LogP contribution in [0.2, 0.25) is 0 Å². The summed E-state index contributed by atoms with van der Waals surface area (Å²) in [5.41, 5.74) is 0.539. The Morgan fingerprint density at radius 1 is 1.38 bits per heavy atom. The summed E-state index contributed by atoms with van der Waals surface area (Å²) >= 11 is 0. The van der Waals surface area contributed by atoms with Gasteiger partial charge >= 0.3 is 0 Å². The van der Waals surface area contributed by atoms with Gasteiger partial charge in [0, 0.05) is 6.54 Å². The van der Waals surface area contributed by atoms with Gasteiger partial charge in [-0.15, -0.1) is 0 Å². The van der Waals surface area contributed by atoms with Crippen molar-refractivity contribution in [3.8, 4) is 6.07 Å². The minimum atomic E-state index is -0.00372. The second kappa shape index (κ2) is 6.22. The maximum absolute atomic E-state index is 9.00. The molecule has 0 spiro atoms. The van der Waals surface area contributed by atoms with Gasteiger partial charge in [0.15, 0.2) is 0 Å². The molecule has 1 aliphatic heterocycles. The number of rotatable bonds is 5. The number of hydrogen-bond donors (Lipinski definition) is 1. The fourth-order valence-electron chi connectivity index (χ4n) is 2.28. The van der Waals surface area contributed by atoms with Crippen LogP contribution in [0.4, 0.5) is 0 Å². The predicted molar refractivity (Wildman–Crippen MR) is 67.1 cm³/mol. The van der Waals surface area contributed by atoms with Crippen LogP contribution in [0.1, 0.15) is 40.0 Å². The molecule has 1 fully saturated rings. The second-order valence-corrected chi connectivity index (χ2v) is 5.20. The van der Waals surface area contributed by atoms with Crippen LogP contribution in [0.15, 0.2) is 0 Å². The lowest BCUT2D eigenvalue weighted by Gasteiger charge is -2.39.